The SMILES string of the molecule is CC(C)c1nc(NCCCNC(=O)OC(C)(C)C)cc(=O)[nH]1. The van der Waals surface area contributed by atoms with Gasteiger partial charge >= 0.3 is 6.09 Å². The summed E-state index contributed by atoms with van der Waals surface area (Å²) in [7, 11) is 0. The molecule has 0 radical (unpaired) electrons. The van der Waals surface area contributed by atoms with Crippen molar-refractivity contribution in [2.75, 3.05) is 18.4 Å². The molecule has 1 heterocycles. The smallest absolute Gasteiger partial charge is 0.407 e. The molecular formula is C15H26N4O3. The maximum Gasteiger partial charge on any atom is 0.407 e. The van der Waals surface area contributed by atoms with E-state index in [0.29, 0.717) is 31.2 Å². The van der Waals surface area contributed by atoms with Crippen LogP contribution < -0.4 is 16.2 Å². The topological polar surface area (TPSA) is 96.1 Å². The van der Waals surface area contributed by atoms with Gasteiger partial charge in [-0.15, -0.1) is 0 Å². The average Bonchev–Trinajstić information content (AvgIpc) is 2.35. The Bertz CT molecular complexity index is 546. The van der Waals surface area contributed by atoms with Crippen molar-refractivity contribution in [3.8, 4) is 0 Å². The van der Waals surface area contributed by atoms with Crippen LogP contribution in [0.3, 0.4) is 0 Å². The lowest BCUT2D eigenvalue weighted by atomic mass is 10.2. The highest BCUT2D eigenvalue weighted by Gasteiger charge is 2.15. The summed E-state index contributed by atoms with van der Waals surface area (Å²) in [4.78, 5) is 30.0. The highest BCUT2D eigenvalue weighted by molar-refractivity contribution is 5.67. The van der Waals surface area contributed by atoms with Crippen LogP contribution in [0.1, 0.15) is 52.8 Å². The molecule has 0 unspecified atom stereocenters. The molecule has 7 heteroatoms. The van der Waals surface area contributed by atoms with Crippen molar-refractivity contribution in [1.82, 2.24) is 15.3 Å². The van der Waals surface area contributed by atoms with Gasteiger partial charge in [0.1, 0.15) is 17.2 Å². The molecule has 0 bridgehead atoms. The van der Waals surface area contributed by atoms with Gasteiger partial charge in [-0.3, -0.25) is 4.79 Å². The fourth-order valence-corrected chi connectivity index (χ4v) is 1.65. The molecule has 0 aliphatic carbocycles. The van der Waals surface area contributed by atoms with Gasteiger partial charge in [-0.1, -0.05) is 13.8 Å². The molecule has 1 rings (SSSR count). The average molecular weight is 310 g/mol. The minimum absolute atomic E-state index is 0.156. The summed E-state index contributed by atoms with van der Waals surface area (Å²) in [5.41, 5.74) is -0.669. The highest BCUT2D eigenvalue weighted by Crippen LogP contribution is 2.09. The van der Waals surface area contributed by atoms with Gasteiger partial charge in [-0.25, -0.2) is 9.78 Å². The number of anilines is 1. The number of aromatic amines is 1. The lowest BCUT2D eigenvalue weighted by molar-refractivity contribution is 0.0528. The Hall–Kier alpha value is -2.05. The number of alkyl carbamates (subject to hydrolysis) is 1. The summed E-state index contributed by atoms with van der Waals surface area (Å²) in [5, 5.41) is 5.76. The van der Waals surface area contributed by atoms with Crippen LogP contribution in [0.25, 0.3) is 0 Å². The molecule has 0 aliphatic rings. The first-order chi connectivity index (χ1) is 10.2. The van der Waals surface area contributed by atoms with E-state index < -0.39 is 11.7 Å². The number of rotatable bonds is 6. The van der Waals surface area contributed by atoms with E-state index in [4.69, 9.17) is 4.74 Å². The molecule has 0 aliphatic heterocycles. The van der Waals surface area contributed by atoms with E-state index in [9.17, 15) is 9.59 Å². The first-order valence-electron chi connectivity index (χ1n) is 7.49. The molecule has 22 heavy (non-hydrogen) atoms. The van der Waals surface area contributed by atoms with E-state index in [-0.39, 0.29) is 11.5 Å². The molecule has 7 nitrogen and oxygen atoms in total. The fourth-order valence-electron chi connectivity index (χ4n) is 1.65. The van der Waals surface area contributed by atoms with Crippen molar-refractivity contribution in [3.63, 3.8) is 0 Å². The van der Waals surface area contributed by atoms with Crippen LogP contribution in [0.15, 0.2) is 10.9 Å². The minimum Gasteiger partial charge on any atom is -0.444 e. The number of H-pyrrole nitrogens is 1. The summed E-state index contributed by atoms with van der Waals surface area (Å²) < 4.78 is 5.13. The number of carbonyl (C=O) groups is 1. The molecule has 0 saturated carbocycles. The van der Waals surface area contributed by atoms with Crippen molar-refractivity contribution in [1.29, 1.82) is 0 Å². The molecule has 0 saturated heterocycles. The molecule has 0 aromatic carbocycles. The van der Waals surface area contributed by atoms with E-state index >= 15 is 0 Å². The summed E-state index contributed by atoms with van der Waals surface area (Å²) >= 11 is 0. The van der Waals surface area contributed by atoms with Gasteiger partial charge in [-0.05, 0) is 27.2 Å². The summed E-state index contributed by atoms with van der Waals surface area (Å²) in [6, 6.07) is 1.42. The van der Waals surface area contributed by atoms with E-state index in [1.165, 1.54) is 6.07 Å². The largest absolute Gasteiger partial charge is 0.444 e. The quantitative estimate of drug-likeness (QED) is 0.700. The molecule has 3 N–H and O–H groups in total. The number of hydrogen-bond acceptors (Lipinski definition) is 5. The molecule has 1 amide bonds. The Labute approximate surface area is 130 Å². The fraction of sp³-hybridized carbons (Fsp3) is 0.667. The van der Waals surface area contributed by atoms with Gasteiger partial charge in [0.2, 0.25) is 0 Å². The number of hydrogen-bond donors (Lipinski definition) is 3. The second kappa shape index (κ2) is 7.82. The number of carbonyl (C=O) groups excluding carboxylic acids is 1. The van der Waals surface area contributed by atoms with Gasteiger partial charge in [0, 0.05) is 25.1 Å². The molecule has 0 fully saturated rings. The zero-order valence-electron chi connectivity index (χ0n) is 13.9. The van der Waals surface area contributed by atoms with Crippen molar-refractivity contribution in [3.05, 3.63) is 22.2 Å². The summed E-state index contributed by atoms with van der Waals surface area (Å²) in [6.07, 6.45) is 0.272. The second-order valence-electron chi connectivity index (χ2n) is 6.38. The molecule has 0 spiro atoms. The van der Waals surface area contributed by atoms with Gasteiger partial charge in [-0.2, -0.15) is 0 Å². The van der Waals surface area contributed by atoms with E-state index in [1.54, 1.807) is 0 Å². The van der Waals surface area contributed by atoms with Crippen LogP contribution in [0.4, 0.5) is 10.6 Å². The normalized spacial score (nSPS) is 11.4. The van der Waals surface area contributed by atoms with Crippen molar-refractivity contribution in [2.24, 2.45) is 0 Å². The van der Waals surface area contributed by atoms with Crippen LogP contribution in [-0.4, -0.2) is 34.8 Å². The maximum atomic E-state index is 11.5. The van der Waals surface area contributed by atoms with Crippen LogP contribution in [0.5, 0.6) is 0 Å². The monoisotopic (exact) mass is 310 g/mol. The molecule has 0 atom stereocenters. The van der Waals surface area contributed by atoms with E-state index in [0.717, 1.165) is 0 Å². The van der Waals surface area contributed by atoms with Crippen molar-refractivity contribution < 1.29 is 9.53 Å². The van der Waals surface area contributed by atoms with Gasteiger partial charge in [0.15, 0.2) is 0 Å². The zero-order valence-corrected chi connectivity index (χ0v) is 13.9. The van der Waals surface area contributed by atoms with Crippen LogP contribution in [0.2, 0.25) is 0 Å². The van der Waals surface area contributed by atoms with Crippen LogP contribution in [0, 0.1) is 0 Å². The lowest BCUT2D eigenvalue weighted by Gasteiger charge is -2.19. The Kier molecular flexibility index (Phi) is 6.39. The summed E-state index contributed by atoms with van der Waals surface area (Å²) in [5.74, 6) is 1.36. The maximum absolute atomic E-state index is 11.5. The zero-order chi connectivity index (χ0) is 16.8. The standard InChI is InChI=1S/C15H26N4O3/c1-10(2)13-18-11(9-12(20)19-13)16-7-6-8-17-14(21)22-15(3,4)5/h9-10H,6-8H2,1-5H3,(H,17,21)(H2,16,18,19,20). The van der Waals surface area contributed by atoms with Gasteiger partial charge in [0.05, 0.1) is 0 Å². The summed E-state index contributed by atoms with van der Waals surface area (Å²) in [6.45, 7) is 10.5. The Morgan fingerprint density at radius 1 is 1.36 bits per heavy atom. The third-order valence-electron chi connectivity index (χ3n) is 2.63. The van der Waals surface area contributed by atoms with E-state index in [2.05, 4.69) is 20.6 Å². The highest BCUT2D eigenvalue weighted by atomic mass is 16.6. The number of aromatic nitrogens is 2. The predicted octanol–water partition coefficient (Wildman–Crippen LogP) is 2.22. The minimum atomic E-state index is -0.495. The molecule has 124 valence electrons. The Balaban J connectivity index is 2.33. The van der Waals surface area contributed by atoms with Crippen LogP contribution in [-0.2, 0) is 4.74 Å². The van der Waals surface area contributed by atoms with Gasteiger partial charge in [0.25, 0.3) is 5.56 Å². The van der Waals surface area contributed by atoms with Gasteiger partial charge < -0.3 is 20.4 Å². The number of amides is 1. The first kappa shape index (κ1) is 18.0. The Morgan fingerprint density at radius 2 is 2.05 bits per heavy atom. The number of nitrogens with one attached hydrogen (secondary N) is 3. The molecule has 1 aromatic rings. The van der Waals surface area contributed by atoms with E-state index in [1.807, 2.05) is 34.6 Å². The van der Waals surface area contributed by atoms with Crippen LogP contribution >= 0.6 is 0 Å². The predicted molar refractivity (Wildman–Crippen MR) is 86.3 cm³/mol. The second-order valence-corrected chi connectivity index (χ2v) is 6.38. The molecule has 1 aromatic heterocycles. The number of nitrogens with zero attached hydrogens (tertiary/aromatic N) is 1. The first-order valence-corrected chi connectivity index (χ1v) is 7.49. The van der Waals surface area contributed by atoms with Crippen molar-refractivity contribution in [2.45, 2.75) is 52.6 Å². The molecular weight excluding hydrogens is 284 g/mol. The third kappa shape index (κ3) is 7.10. The number of ether oxygens (including phenoxy) is 1. The Morgan fingerprint density at radius 3 is 2.64 bits per heavy atom. The lowest BCUT2D eigenvalue weighted by Crippen LogP contribution is -2.33. The van der Waals surface area contributed by atoms with Crippen molar-refractivity contribution >= 4 is 11.9 Å². The third-order valence-corrected chi connectivity index (χ3v) is 2.63.